The Morgan fingerprint density at radius 3 is 2.94 bits per heavy atom. The van der Waals surface area contributed by atoms with Crippen molar-refractivity contribution in [2.45, 2.75) is 44.3 Å². The van der Waals surface area contributed by atoms with Gasteiger partial charge in [0, 0.05) is 25.8 Å². The van der Waals surface area contributed by atoms with Crippen LogP contribution in [0.25, 0.3) is 0 Å². The van der Waals surface area contributed by atoms with Crippen molar-refractivity contribution in [2.75, 3.05) is 6.54 Å². The van der Waals surface area contributed by atoms with Crippen LogP contribution in [0.2, 0.25) is 0 Å². The first kappa shape index (κ1) is 11.7. The molecule has 0 radical (unpaired) electrons. The molecule has 1 N–H and O–H groups in total. The predicted molar refractivity (Wildman–Crippen MR) is 67.8 cm³/mol. The van der Waals surface area contributed by atoms with Gasteiger partial charge in [-0.25, -0.2) is 0 Å². The Bertz CT molecular complexity index is 438. The van der Waals surface area contributed by atoms with Crippen molar-refractivity contribution in [1.29, 1.82) is 0 Å². The first-order chi connectivity index (χ1) is 8.74. The first-order valence-electron chi connectivity index (χ1n) is 6.76. The largest absolute Gasteiger partial charge is 0.335 e. The minimum absolute atomic E-state index is 0.0412. The average molecular weight is 248 g/mol. The Balaban J connectivity index is 1.64. The number of hydrogen-bond acceptors (Lipinski definition) is 3. The van der Waals surface area contributed by atoms with Crippen molar-refractivity contribution in [1.82, 2.24) is 20.0 Å². The fourth-order valence-electron chi connectivity index (χ4n) is 2.54. The molecule has 3 rings (SSSR count). The molecule has 0 bridgehead atoms. The van der Waals surface area contributed by atoms with Crippen LogP contribution in [0.5, 0.6) is 0 Å². The van der Waals surface area contributed by atoms with Gasteiger partial charge in [0.1, 0.15) is 0 Å². The van der Waals surface area contributed by atoms with Gasteiger partial charge in [0.05, 0.1) is 18.3 Å². The van der Waals surface area contributed by atoms with E-state index in [0.29, 0.717) is 12.6 Å². The van der Waals surface area contributed by atoms with Gasteiger partial charge < -0.3 is 10.2 Å². The molecule has 1 saturated carbocycles. The van der Waals surface area contributed by atoms with Crippen LogP contribution in [0.4, 0.5) is 0 Å². The van der Waals surface area contributed by atoms with Gasteiger partial charge in [-0.15, -0.1) is 0 Å². The van der Waals surface area contributed by atoms with Crippen LogP contribution in [-0.4, -0.2) is 39.2 Å². The van der Waals surface area contributed by atoms with E-state index in [9.17, 15) is 4.79 Å². The Labute approximate surface area is 107 Å². The maximum Gasteiger partial charge on any atom is 0.240 e. The maximum atomic E-state index is 12.4. The van der Waals surface area contributed by atoms with Gasteiger partial charge in [-0.05, 0) is 31.7 Å². The van der Waals surface area contributed by atoms with Gasteiger partial charge >= 0.3 is 0 Å². The number of likely N-dealkylation sites (tertiary alicyclic amines) is 1. The summed E-state index contributed by atoms with van der Waals surface area (Å²) in [6, 6.07) is 2.61. The van der Waals surface area contributed by atoms with E-state index >= 15 is 0 Å². The summed E-state index contributed by atoms with van der Waals surface area (Å²) in [6.07, 6.45) is 6.31. The second-order valence-electron chi connectivity index (χ2n) is 5.34. The summed E-state index contributed by atoms with van der Waals surface area (Å²) in [4.78, 5) is 14.3. The van der Waals surface area contributed by atoms with Gasteiger partial charge in [0.25, 0.3) is 0 Å². The molecule has 1 aromatic heterocycles. The summed E-state index contributed by atoms with van der Waals surface area (Å²) < 4.78 is 1.84. The summed E-state index contributed by atoms with van der Waals surface area (Å²) in [5.41, 5.74) is 1.09. The number of nitrogens with zero attached hydrogens (tertiary/aromatic N) is 3. The molecule has 1 unspecified atom stereocenters. The molecule has 2 fully saturated rings. The number of hydrogen-bond donors (Lipinski definition) is 1. The molecule has 1 atom stereocenters. The van der Waals surface area contributed by atoms with E-state index in [2.05, 4.69) is 10.4 Å². The van der Waals surface area contributed by atoms with Crippen molar-refractivity contribution in [3.05, 3.63) is 18.0 Å². The lowest BCUT2D eigenvalue weighted by Gasteiger charge is -2.32. The highest BCUT2D eigenvalue weighted by Gasteiger charge is 2.33. The van der Waals surface area contributed by atoms with Crippen LogP contribution in [0.1, 0.15) is 31.4 Å². The molecular weight excluding hydrogens is 228 g/mol. The molecule has 1 aliphatic heterocycles. The Morgan fingerprint density at radius 1 is 1.44 bits per heavy atom. The Morgan fingerprint density at radius 2 is 2.28 bits per heavy atom. The van der Waals surface area contributed by atoms with Gasteiger partial charge in [-0.2, -0.15) is 5.10 Å². The minimum Gasteiger partial charge on any atom is -0.335 e. The Hall–Kier alpha value is -1.36. The number of amides is 1. The van der Waals surface area contributed by atoms with Crippen LogP contribution in [0, 0.1) is 0 Å². The predicted octanol–water partition coefficient (Wildman–Crippen LogP) is 0.663. The molecule has 5 nitrogen and oxygen atoms in total. The molecule has 98 valence electrons. The summed E-state index contributed by atoms with van der Waals surface area (Å²) >= 11 is 0. The summed E-state index contributed by atoms with van der Waals surface area (Å²) in [5, 5.41) is 7.60. The molecule has 1 aromatic rings. The summed E-state index contributed by atoms with van der Waals surface area (Å²) in [5.74, 6) is 0.259. The molecule has 1 aliphatic carbocycles. The second kappa shape index (κ2) is 4.72. The van der Waals surface area contributed by atoms with Crippen LogP contribution in [0.15, 0.2) is 12.3 Å². The second-order valence-corrected chi connectivity index (χ2v) is 5.34. The van der Waals surface area contributed by atoms with Gasteiger partial charge in [-0.3, -0.25) is 9.48 Å². The first-order valence-corrected chi connectivity index (χ1v) is 6.76. The van der Waals surface area contributed by atoms with E-state index in [1.165, 1.54) is 12.8 Å². The lowest BCUT2D eigenvalue weighted by molar-refractivity contribution is -0.136. The fraction of sp³-hybridized carbons (Fsp3) is 0.692. The number of carbonyl (C=O) groups excluding carboxylic acids is 1. The van der Waals surface area contributed by atoms with E-state index < -0.39 is 0 Å². The molecule has 1 amide bonds. The van der Waals surface area contributed by atoms with Crippen molar-refractivity contribution < 1.29 is 4.79 Å². The molecular formula is C13H20N4O. The highest BCUT2D eigenvalue weighted by molar-refractivity contribution is 5.82. The molecule has 0 aromatic carbocycles. The topological polar surface area (TPSA) is 50.2 Å². The number of piperidine rings is 1. The van der Waals surface area contributed by atoms with Crippen LogP contribution >= 0.6 is 0 Å². The lowest BCUT2D eigenvalue weighted by atomic mass is 10.0. The minimum atomic E-state index is 0.0412. The van der Waals surface area contributed by atoms with Crippen LogP contribution < -0.4 is 5.32 Å². The van der Waals surface area contributed by atoms with E-state index in [-0.39, 0.29) is 11.9 Å². The fourth-order valence-corrected chi connectivity index (χ4v) is 2.54. The monoisotopic (exact) mass is 248 g/mol. The maximum absolute atomic E-state index is 12.4. The molecule has 1 saturated heterocycles. The number of rotatable bonds is 4. The third-order valence-electron chi connectivity index (χ3n) is 3.82. The third-order valence-corrected chi connectivity index (χ3v) is 3.82. The van der Waals surface area contributed by atoms with Crippen LogP contribution in [-0.2, 0) is 18.4 Å². The number of aryl methyl sites for hydroxylation is 1. The quantitative estimate of drug-likeness (QED) is 0.851. The van der Waals surface area contributed by atoms with E-state index in [4.69, 9.17) is 0 Å². The molecule has 2 aliphatic rings. The van der Waals surface area contributed by atoms with Gasteiger partial charge in [0.2, 0.25) is 5.91 Å². The number of nitrogens with one attached hydrogen (secondary N) is 1. The lowest BCUT2D eigenvalue weighted by Crippen LogP contribution is -2.51. The van der Waals surface area contributed by atoms with Crippen molar-refractivity contribution in [3.8, 4) is 0 Å². The summed E-state index contributed by atoms with van der Waals surface area (Å²) in [7, 11) is 1.92. The van der Waals surface area contributed by atoms with E-state index in [1.807, 2.05) is 22.7 Å². The summed E-state index contributed by atoms with van der Waals surface area (Å²) in [6.45, 7) is 1.55. The van der Waals surface area contributed by atoms with Crippen LogP contribution in [0.3, 0.4) is 0 Å². The standard InChI is InChI=1S/C13H20N4O/c1-16-11(6-7-14-16)9-17-8-2-3-12(13(17)18)15-10-4-5-10/h6-7,10,12,15H,2-5,8-9H2,1H3. The van der Waals surface area contributed by atoms with E-state index in [1.54, 1.807) is 6.20 Å². The van der Waals surface area contributed by atoms with Gasteiger partial charge in [0.15, 0.2) is 0 Å². The van der Waals surface area contributed by atoms with Crippen molar-refractivity contribution in [3.63, 3.8) is 0 Å². The number of carbonyl (C=O) groups is 1. The third kappa shape index (κ3) is 2.41. The number of aromatic nitrogens is 2. The molecule has 18 heavy (non-hydrogen) atoms. The highest BCUT2D eigenvalue weighted by atomic mass is 16.2. The zero-order valence-corrected chi connectivity index (χ0v) is 10.8. The molecule has 0 spiro atoms. The van der Waals surface area contributed by atoms with Crippen molar-refractivity contribution in [2.24, 2.45) is 7.05 Å². The zero-order chi connectivity index (χ0) is 12.5. The smallest absolute Gasteiger partial charge is 0.240 e. The molecule has 2 heterocycles. The highest BCUT2D eigenvalue weighted by Crippen LogP contribution is 2.23. The van der Waals surface area contributed by atoms with Crippen molar-refractivity contribution >= 4 is 5.91 Å². The van der Waals surface area contributed by atoms with E-state index in [0.717, 1.165) is 25.1 Å². The normalized spacial score (nSPS) is 24.6. The Kier molecular flexibility index (Phi) is 3.07. The SMILES string of the molecule is Cn1nccc1CN1CCCC(NC2CC2)C1=O. The van der Waals surface area contributed by atoms with Gasteiger partial charge in [-0.1, -0.05) is 0 Å². The average Bonchev–Trinajstić information content (AvgIpc) is 3.08. The molecule has 5 heteroatoms. The zero-order valence-electron chi connectivity index (χ0n) is 10.8.